The van der Waals surface area contributed by atoms with Gasteiger partial charge in [-0.25, -0.2) is 18.4 Å². The lowest BCUT2D eigenvalue weighted by Crippen LogP contribution is -2.35. The van der Waals surface area contributed by atoms with Gasteiger partial charge in [0.2, 0.25) is 10.0 Å². The molecular formula is C18H16ClN3O5S. The van der Waals surface area contributed by atoms with E-state index in [1.807, 2.05) is 6.07 Å². The van der Waals surface area contributed by atoms with Crippen molar-refractivity contribution in [2.45, 2.75) is 11.3 Å². The van der Waals surface area contributed by atoms with E-state index in [2.05, 4.69) is 0 Å². The Kier molecular flexibility index (Phi) is 7.12. The standard InChI is InChI=1S/C18H16ClN3O5S/c19-15-8-7-13(11-16(15)28(21,25)26)18(24)27-12-17(23)22(10-4-9-20)14-5-2-1-3-6-14/h1-3,5-8,11H,4,10,12H2,(H2,21,25,26). The van der Waals surface area contributed by atoms with Gasteiger partial charge in [-0.2, -0.15) is 5.26 Å². The molecule has 8 nitrogen and oxygen atoms in total. The lowest BCUT2D eigenvalue weighted by Gasteiger charge is -2.21. The van der Waals surface area contributed by atoms with E-state index >= 15 is 0 Å². The second-order valence-corrected chi connectivity index (χ2v) is 7.49. The van der Waals surface area contributed by atoms with E-state index in [0.717, 1.165) is 6.07 Å². The summed E-state index contributed by atoms with van der Waals surface area (Å²) in [5.74, 6) is -1.45. The molecule has 2 aromatic rings. The van der Waals surface area contributed by atoms with E-state index in [9.17, 15) is 18.0 Å². The number of rotatable bonds is 7. The van der Waals surface area contributed by atoms with Crippen molar-refractivity contribution in [3.8, 4) is 6.07 Å². The Labute approximate surface area is 167 Å². The van der Waals surface area contributed by atoms with E-state index in [0.29, 0.717) is 5.69 Å². The van der Waals surface area contributed by atoms with Gasteiger partial charge in [-0.3, -0.25) is 4.79 Å². The van der Waals surface area contributed by atoms with Gasteiger partial charge in [0.05, 0.1) is 23.1 Å². The SMILES string of the molecule is N#CCCN(C(=O)COC(=O)c1ccc(Cl)c(S(N)(=O)=O)c1)c1ccccc1. The zero-order chi connectivity index (χ0) is 20.7. The molecule has 0 saturated heterocycles. The number of carbonyl (C=O) groups is 2. The number of nitriles is 1. The number of amides is 1. The molecule has 146 valence electrons. The minimum absolute atomic E-state index is 0.101. The molecule has 28 heavy (non-hydrogen) atoms. The number of hydrogen-bond acceptors (Lipinski definition) is 6. The molecule has 0 aliphatic heterocycles. The van der Waals surface area contributed by atoms with Crippen LogP contribution < -0.4 is 10.0 Å². The van der Waals surface area contributed by atoms with Gasteiger partial charge < -0.3 is 9.64 Å². The zero-order valence-electron chi connectivity index (χ0n) is 14.5. The molecule has 0 unspecified atom stereocenters. The molecule has 2 rings (SSSR count). The van der Waals surface area contributed by atoms with Gasteiger partial charge in [0, 0.05) is 12.2 Å². The number of anilines is 1. The van der Waals surface area contributed by atoms with Crippen LogP contribution in [0.5, 0.6) is 0 Å². The van der Waals surface area contributed by atoms with Crippen LogP contribution in [0.15, 0.2) is 53.4 Å². The fourth-order valence-corrected chi connectivity index (χ4v) is 3.38. The van der Waals surface area contributed by atoms with Crippen LogP contribution >= 0.6 is 11.6 Å². The quantitative estimate of drug-likeness (QED) is 0.681. The molecule has 0 bridgehead atoms. The number of ether oxygens (including phenoxy) is 1. The number of nitrogens with zero attached hydrogens (tertiary/aromatic N) is 2. The summed E-state index contributed by atoms with van der Waals surface area (Å²) in [4.78, 5) is 25.6. The molecule has 0 aliphatic carbocycles. The number of hydrogen-bond donors (Lipinski definition) is 1. The maximum atomic E-state index is 12.5. The molecule has 0 heterocycles. The van der Waals surface area contributed by atoms with Crippen molar-refractivity contribution in [1.29, 1.82) is 5.26 Å². The fraction of sp³-hybridized carbons (Fsp3) is 0.167. The first-order valence-corrected chi connectivity index (χ1v) is 9.88. The van der Waals surface area contributed by atoms with Gasteiger partial charge in [-0.15, -0.1) is 0 Å². The molecular weight excluding hydrogens is 406 g/mol. The van der Waals surface area contributed by atoms with Crippen molar-refractivity contribution >= 4 is 39.2 Å². The highest BCUT2D eigenvalue weighted by molar-refractivity contribution is 7.89. The highest BCUT2D eigenvalue weighted by Gasteiger charge is 2.20. The lowest BCUT2D eigenvalue weighted by molar-refractivity contribution is -0.121. The van der Waals surface area contributed by atoms with Gasteiger partial charge >= 0.3 is 5.97 Å². The van der Waals surface area contributed by atoms with E-state index in [1.54, 1.807) is 30.3 Å². The van der Waals surface area contributed by atoms with Crippen LogP contribution in [0.4, 0.5) is 5.69 Å². The largest absolute Gasteiger partial charge is 0.452 e. The number of nitrogens with two attached hydrogens (primary N) is 1. The molecule has 0 spiro atoms. The number of sulfonamides is 1. The Hall–Kier alpha value is -2.93. The summed E-state index contributed by atoms with van der Waals surface area (Å²) < 4.78 is 28.0. The van der Waals surface area contributed by atoms with Crippen molar-refractivity contribution in [1.82, 2.24) is 0 Å². The van der Waals surface area contributed by atoms with Gasteiger partial charge in [0.25, 0.3) is 5.91 Å². The first kappa shape index (κ1) is 21.4. The van der Waals surface area contributed by atoms with Crippen molar-refractivity contribution in [3.05, 3.63) is 59.1 Å². The summed E-state index contributed by atoms with van der Waals surface area (Å²) in [6, 6.07) is 14.0. The third kappa shape index (κ3) is 5.53. The Morgan fingerprint density at radius 3 is 2.46 bits per heavy atom. The number of esters is 1. The van der Waals surface area contributed by atoms with Crippen LogP contribution in [0.1, 0.15) is 16.8 Å². The number of carbonyl (C=O) groups excluding carboxylic acids is 2. The van der Waals surface area contributed by atoms with Crippen LogP contribution in [0.2, 0.25) is 5.02 Å². The van der Waals surface area contributed by atoms with E-state index in [-0.39, 0.29) is 23.6 Å². The molecule has 2 aromatic carbocycles. The third-order valence-corrected chi connectivity index (χ3v) is 5.01. The van der Waals surface area contributed by atoms with E-state index < -0.39 is 33.4 Å². The summed E-state index contributed by atoms with van der Waals surface area (Å²) in [5, 5.41) is 13.7. The van der Waals surface area contributed by atoms with E-state index in [1.165, 1.54) is 17.0 Å². The normalized spacial score (nSPS) is 10.8. The van der Waals surface area contributed by atoms with Crippen molar-refractivity contribution in [2.75, 3.05) is 18.1 Å². The molecule has 0 aromatic heterocycles. The summed E-state index contributed by atoms with van der Waals surface area (Å²) >= 11 is 5.77. The maximum absolute atomic E-state index is 12.5. The average molecular weight is 422 g/mol. The molecule has 0 fully saturated rings. The second-order valence-electron chi connectivity index (χ2n) is 5.56. The molecule has 0 radical (unpaired) electrons. The minimum Gasteiger partial charge on any atom is -0.452 e. The average Bonchev–Trinajstić information content (AvgIpc) is 2.66. The topological polar surface area (TPSA) is 131 Å². The minimum atomic E-state index is -4.13. The summed E-state index contributed by atoms with van der Waals surface area (Å²) in [6.07, 6.45) is 0.101. The molecule has 2 N–H and O–H groups in total. The van der Waals surface area contributed by atoms with Crippen LogP contribution in [0.3, 0.4) is 0 Å². The van der Waals surface area contributed by atoms with Crippen LogP contribution in [0, 0.1) is 11.3 Å². The van der Waals surface area contributed by atoms with E-state index in [4.69, 9.17) is 26.7 Å². The van der Waals surface area contributed by atoms with Gasteiger partial charge in [-0.05, 0) is 30.3 Å². The monoisotopic (exact) mass is 421 g/mol. The first-order valence-electron chi connectivity index (χ1n) is 7.96. The third-order valence-electron chi connectivity index (χ3n) is 3.62. The summed E-state index contributed by atoms with van der Waals surface area (Å²) in [6.45, 7) is -0.458. The number of halogens is 1. The predicted octanol–water partition coefficient (Wildman–Crippen LogP) is 2.09. The summed E-state index contributed by atoms with van der Waals surface area (Å²) in [5.41, 5.74) is 0.436. The van der Waals surface area contributed by atoms with Crippen LogP contribution in [-0.4, -0.2) is 33.4 Å². The Bertz CT molecular complexity index is 1020. The predicted molar refractivity (Wildman–Crippen MR) is 102 cm³/mol. The highest BCUT2D eigenvalue weighted by atomic mass is 35.5. The lowest BCUT2D eigenvalue weighted by atomic mass is 10.2. The number of para-hydroxylation sites is 1. The van der Waals surface area contributed by atoms with Crippen molar-refractivity contribution in [3.63, 3.8) is 0 Å². The smallest absolute Gasteiger partial charge is 0.338 e. The van der Waals surface area contributed by atoms with Gasteiger partial charge in [0.15, 0.2) is 6.61 Å². The highest BCUT2D eigenvalue weighted by Crippen LogP contribution is 2.22. The Morgan fingerprint density at radius 1 is 1.18 bits per heavy atom. The molecule has 1 amide bonds. The van der Waals surface area contributed by atoms with Crippen molar-refractivity contribution < 1.29 is 22.7 Å². The van der Waals surface area contributed by atoms with Crippen molar-refractivity contribution in [2.24, 2.45) is 5.14 Å². The molecule has 0 atom stereocenters. The first-order chi connectivity index (χ1) is 13.2. The fourth-order valence-electron chi connectivity index (χ4n) is 2.30. The zero-order valence-corrected chi connectivity index (χ0v) is 16.1. The Balaban J connectivity index is 2.12. The van der Waals surface area contributed by atoms with Gasteiger partial charge in [-0.1, -0.05) is 29.8 Å². The number of benzene rings is 2. The summed E-state index contributed by atoms with van der Waals surface area (Å²) in [7, 11) is -4.13. The second kappa shape index (κ2) is 9.32. The van der Waals surface area contributed by atoms with Crippen LogP contribution in [0.25, 0.3) is 0 Å². The Morgan fingerprint density at radius 2 is 1.86 bits per heavy atom. The molecule has 0 aliphatic rings. The van der Waals surface area contributed by atoms with Gasteiger partial charge in [0.1, 0.15) is 4.90 Å². The molecule has 0 saturated carbocycles. The number of primary sulfonamides is 1. The van der Waals surface area contributed by atoms with Crippen LogP contribution in [-0.2, 0) is 19.6 Å². The maximum Gasteiger partial charge on any atom is 0.338 e. The molecule has 10 heteroatoms.